The standard InChI is InChI=1S/C24H31N3O2/c1-5-17-9-8-11-19-21(16-26-24(17)19)20(15-23(28)25-13-14-27(2)3)18-10-6-7-12-22(18)29-4/h6-12,16,20,26H,5,13-15H2,1-4H3,(H,25,28)/t20-/m0/s1. The maximum atomic E-state index is 12.8. The van der Waals surface area contributed by atoms with Crippen molar-refractivity contribution in [2.75, 3.05) is 34.3 Å². The number of aromatic nitrogens is 1. The lowest BCUT2D eigenvalue weighted by Crippen LogP contribution is -2.32. The number of hydrogen-bond donors (Lipinski definition) is 2. The number of methoxy groups -OCH3 is 1. The number of carbonyl (C=O) groups excluding carboxylic acids is 1. The molecular weight excluding hydrogens is 362 g/mol. The number of benzene rings is 2. The molecule has 0 aliphatic carbocycles. The summed E-state index contributed by atoms with van der Waals surface area (Å²) in [6.07, 6.45) is 3.38. The summed E-state index contributed by atoms with van der Waals surface area (Å²) in [5, 5.41) is 4.22. The number of likely N-dealkylation sites (N-methyl/N-ethyl adjacent to an activating group) is 1. The normalized spacial score (nSPS) is 12.3. The second-order valence-corrected chi connectivity index (χ2v) is 7.59. The van der Waals surface area contributed by atoms with Gasteiger partial charge in [0.05, 0.1) is 7.11 Å². The topological polar surface area (TPSA) is 57.4 Å². The third-order valence-corrected chi connectivity index (χ3v) is 5.38. The van der Waals surface area contributed by atoms with Crippen molar-refractivity contribution in [3.63, 3.8) is 0 Å². The summed E-state index contributed by atoms with van der Waals surface area (Å²) < 4.78 is 5.63. The van der Waals surface area contributed by atoms with Gasteiger partial charge in [-0.2, -0.15) is 0 Å². The first-order valence-corrected chi connectivity index (χ1v) is 10.2. The van der Waals surface area contributed by atoms with Gasteiger partial charge >= 0.3 is 0 Å². The number of amides is 1. The van der Waals surface area contributed by atoms with Crippen molar-refractivity contribution in [3.8, 4) is 5.75 Å². The number of carbonyl (C=O) groups is 1. The lowest BCUT2D eigenvalue weighted by molar-refractivity contribution is -0.121. The summed E-state index contributed by atoms with van der Waals surface area (Å²) in [4.78, 5) is 18.3. The second-order valence-electron chi connectivity index (χ2n) is 7.59. The SMILES string of the molecule is CCc1cccc2c([C@@H](CC(=O)NCCN(C)C)c3ccccc3OC)c[nH]c12. The Balaban J connectivity index is 1.99. The van der Waals surface area contributed by atoms with E-state index in [-0.39, 0.29) is 11.8 Å². The highest BCUT2D eigenvalue weighted by Crippen LogP contribution is 2.38. The van der Waals surface area contributed by atoms with Gasteiger partial charge in [-0.1, -0.05) is 43.3 Å². The molecule has 154 valence electrons. The van der Waals surface area contributed by atoms with Crippen molar-refractivity contribution in [1.29, 1.82) is 0 Å². The first-order chi connectivity index (χ1) is 14.0. The summed E-state index contributed by atoms with van der Waals surface area (Å²) in [6.45, 7) is 3.61. The third kappa shape index (κ3) is 4.80. The Bertz CT molecular complexity index is 962. The van der Waals surface area contributed by atoms with Crippen LogP contribution in [-0.4, -0.2) is 50.1 Å². The van der Waals surface area contributed by atoms with Crippen LogP contribution in [0.3, 0.4) is 0 Å². The molecular formula is C24H31N3O2. The average molecular weight is 394 g/mol. The fraction of sp³-hybridized carbons (Fsp3) is 0.375. The second kappa shape index (κ2) is 9.61. The van der Waals surface area contributed by atoms with E-state index in [1.807, 2.05) is 38.5 Å². The van der Waals surface area contributed by atoms with Crippen LogP contribution >= 0.6 is 0 Å². The van der Waals surface area contributed by atoms with Crippen LogP contribution < -0.4 is 10.1 Å². The number of ether oxygens (including phenoxy) is 1. The van der Waals surface area contributed by atoms with Crippen LogP contribution in [0.4, 0.5) is 0 Å². The van der Waals surface area contributed by atoms with Crippen LogP contribution in [-0.2, 0) is 11.2 Å². The molecule has 3 aromatic rings. The van der Waals surface area contributed by atoms with Crippen LogP contribution in [0.2, 0.25) is 0 Å². The number of rotatable bonds is 9. The first-order valence-electron chi connectivity index (χ1n) is 10.2. The molecule has 0 spiro atoms. The van der Waals surface area contributed by atoms with Crippen molar-refractivity contribution < 1.29 is 9.53 Å². The monoisotopic (exact) mass is 393 g/mol. The molecule has 1 atom stereocenters. The van der Waals surface area contributed by atoms with E-state index in [2.05, 4.69) is 46.4 Å². The number of hydrogen-bond acceptors (Lipinski definition) is 3. The Morgan fingerprint density at radius 3 is 2.66 bits per heavy atom. The molecule has 0 aliphatic rings. The zero-order chi connectivity index (χ0) is 20.8. The minimum Gasteiger partial charge on any atom is -0.496 e. The largest absolute Gasteiger partial charge is 0.496 e. The molecule has 0 saturated heterocycles. The van der Waals surface area contributed by atoms with Crippen LogP contribution in [0.1, 0.15) is 36.0 Å². The Hall–Kier alpha value is -2.79. The van der Waals surface area contributed by atoms with Gasteiger partial charge in [0, 0.05) is 48.1 Å². The first kappa shape index (κ1) is 20.9. The maximum absolute atomic E-state index is 12.8. The molecule has 1 amide bonds. The summed E-state index contributed by atoms with van der Waals surface area (Å²) in [6, 6.07) is 14.3. The molecule has 0 aliphatic heterocycles. The van der Waals surface area contributed by atoms with Crippen molar-refractivity contribution in [3.05, 3.63) is 65.4 Å². The van der Waals surface area contributed by atoms with E-state index in [1.54, 1.807) is 7.11 Å². The Labute approximate surface area is 173 Å². The van der Waals surface area contributed by atoms with Gasteiger partial charge in [0.1, 0.15) is 5.75 Å². The predicted molar refractivity (Wildman–Crippen MR) is 119 cm³/mol. The summed E-state index contributed by atoms with van der Waals surface area (Å²) in [7, 11) is 5.68. The van der Waals surface area contributed by atoms with Gasteiger partial charge in [-0.05, 0) is 37.7 Å². The van der Waals surface area contributed by atoms with E-state index >= 15 is 0 Å². The number of para-hydroxylation sites is 2. The molecule has 0 unspecified atom stereocenters. The molecule has 0 saturated carbocycles. The smallest absolute Gasteiger partial charge is 0.220 e. The zero-order valence-electron chi connectivity index (χ0n) is 17.8. The average Bonchev–Trinajstić information content (AvgIpc) is 3.15. The molecule has 1 heterocycles. The van der Waals surface area contributed by atoms with Crippen LogP contribution in [0, 0.1) is 0 Å². The molecule has 1 aromatic heterocycles. The molecule has 29 heavy (non-hydrogen) atoms. The Morgan fingerprint density at radius 2 is 1.93 bits per heavy atom. The highest BCUT2D eigenvalue weighted by molar-refractivity contribution is 5.88. The molecule has 2 aromatic carbocycles. The summed E-state index contributed by atoms with van der Waals surface area (Å²) in [5.41, 5.74) is 4.59. The fourth-order valence-corrected chi connectivity index (χ4v) is 3.84. The van der Waals surface area contributed by atoms with Gasteiger partial charge < -0.3 is 19.9 Å². The summed E-state index contributed by atoms with van der Waals surface area (Å²) >= 11 is 0. The van der Waals surface area contributed by atoms with E-state index in [4.69, 9.17) is 4.74 Å². The number of nitrogens with zero attached hydrogens (tertiary/aromatic N) is 1. The molecule has 0 radical (unpaired) electrons. The van der Waals surface area contributed by atoms with E-state index in [0.717, 1.165) is 35.4 Å². The number of fused-ring (bicyclic) bond motifs is 1. The summed E-state index contributed by atoms with van der Waals surface area (Å²) in [5.74, 6) is 0.759. The van der Waals surface area contributed by atoms with Crippen LogP contribution in [0.15, 0.2) is 48.7 Å². The maximum Gasteiger partial charge on any atom is 0.220 e. The number of H-pyrrole nitrogens is 1. The van der Waals surface area contributed by atoms with Crippen LogP contribution in [0.25, 0.3) is 10.9 Å². The zero-order valence-corrected chi connectivity index (χ0v) is 17.8. The van der Waals surface area contributed by atoms with E-state index in [9.17, 15) is 4.79 Å². The van der Waals surface area contributed by atoms with Gasteiger partial charge in [-0.25, -0.2) is 0 Å². The van der Waals surface area contributed by atoms with Crippen LogP contribution in [0.5, 0.6) is 5.75 Å². The third-order valence-electron chi connectivity index (χ3n) is 5.38. The quantitative estimate of drug-likeness (QED) is 0.579. The molecule has 5 heteroatoms. The van der Waals surface area contributed by atoms with Crippen molar-refractivity contribution in [2.24, 2.45) is 0 Å². The fourth-order valence-electron chi connectivity index (χ4n) is 3.84. The van der Waals surface area contributed by atoms with E-state index in [1.165, 1.54) is 10.9 Å². The molecule has 2 N–H and O–H groups in total. The predicted octanol–water partition coefficient (Wildman–Crippen LogP) is 3.94. The van der Waals surface area contributed by atoms with E-state index < -0.39 is 0 Å². The molecule has 5 nitrogen and oxygen atoms in total. The van der Waals surface area contributed by atoms with Gasteiger partial charge in [0.2, 0.25) is 5.91 Å². The van der Waals surface area contributed by atoms with Gasteiger partial charge in [-0.15, -0.1) is 0 Å². The molecule has 0 fully saturated rings. The van der Waals surface area contributed by atoms with Gasteiger partial charge in [0.25, 0.3) is 0 Å². The molecule has 3 rings (SSSR count). The van der Waals surface area contributed by atoms with Crippen molar-refractivity contribution in [1.82, 2.24) is 15.2 Å². The highest BCUT2D eigenvalue weighted by Gasteiger charge is 2.24. The minimum atomic E-state index is -0.0913. The number of nitrogens with one attached hydrogen (secondary N) is 2. The number of aromatic amines is 1. The Kier molecular flexibility index (Phi) is 6.94. The number of aryl methyl sites for hydroxylation is 1. The lowest BCUT2D eigenvalue weighted by atomic mass is 9.87. The van der Waals surface area contributed by atoms with E-state index in [0.29, 0.717) is 13.0 Å². The van der Waals surface area contributed by atoms with Crippen molar-refractivity contribution >= 4 is 16.8 Å². The highest BCUT2D eigenvalue weighted by atomic mass is 16.5. The Morgan fingerprint density at radius 1 is 1.14 bits per heavy atom. The molecule has 0 bridgehead atoms. The lowest BCUT2D eigenvalue weighted by Gasteiger charge is -2.20. The minimum absolute atomic E-state index is 0.0451. The van der Waals surface area contributed by atoms with Gasteiger partial charge in [-0.3, -0.25) is 4.79 Å². The van der Waals surface area contributed by atoms with Crippen molar-refractivity contribution in [2.45, 2.75) is 25.7 Å². The van der Waals surface area contributed by atoms with Gasteiger partial charge in [0.15, 0.2) is 0 Å².